The fraction of sp³-hybridized carbons (Fsp3) is 0.357. The van der Waals surface area contributed by atoms with Crippen molar-refractivity contribution in [2.75, 3.05) is 11.9 Å². The van der Waals surface area contributed by atoms with Gasteiger partial charge in [0.2, 0.25) is 0 Å². The van der Waals surface area contributed by atoms with Gasteiger partial charge in [-0.3, -0.25) is 0 Å². The molecule has 0 spiro atoms. The summed E-state index contributed by atoms with van der Waals surface area (Å²) in [4.78, 5) is 15.8. The van der Waals surface area contributed by atoms with Gasteiger partial charge in [0.1, 0.15) is 12.7 Å². The molecule has 0 aliphatic carbocycles. The Hall–Kier alpha value is -2.41. The van der Waals surface area contributed by atoms with E-state index in [-0.39, 0.29) is 18.7 Å². The third-order valence-electron chi connectivity index (χ3n) is 3.00. The molecule has 2 aromatic rings. The highest BCUT2D eigenvalue weighted by molar-refractivity contribution is 5.90. The molecule has 7 nitrogen and oxygen atoms in total. The molecule has 0 radical (unpaired) electrons. The summed E-state index contributed by atoms with van der Waals surface area (Å²) >= 11 is 0. The van der Waals surface area contributed by atoms with Crippen LogP contribution in [0.15, 0.2) is 36.9 Å². The van der Waals surface area contributed by atoms with Gasteiger partial charge < -0.3 is 15.7 Å². The molecule has 7 heteroatoms. The van der Waals surface area contributed by atoms with Gasteiger partial charge >= 0.3 is 6.03 Å². The average molecular weight is 289 g/mol. The molecule has 2 amide bonds. The number of anilines is 1. The van der Waals surface area contributed by atoms with E-state index in [0.29, 0.717) is 13.0 Å². The van der Waals surface area contributed by atoms with Crippen LogP contribution in [0.2, 0.25) is 0 Å². The number of amides is 2. The van der Waals surface area contributed by atoms with Crippen molar-refractivity contribution in [2.45, 2.75) is 25.9 Å². The van der Waals surface area contributed by atoms with Gasteiger partial charge in [0.25, 0.3) is 0 Å². The number of aliphatic hydroxyl groups is 1. The van der Waals surface area contributed by atoms with E-state index in [1.807, 2.05) is 31.2 Å². The zero-order chi connectivity index (χ0) is 15.1. The van der Waals surface area contributed by atoms with Crippen LogP contribution in [0.4, 0.5) is 10.5 Å². The molecule has 2 rings (SSSR count). The number of aliphatic hydroxyl groups excluding tert-OH is 1. The van der Waals surface area contributed by atoms with Crippen LogP contribution < -0.4 is 10.6 Å². The minimum absolute atomic E-state index is 0.0460. The van der Waals surface area contributed by atoms with Crippen LogP contribution in [-0.2, 0) is 6.54 Å². The molecule has 0 bridgehead atoms. The lowest BCUT2D eigenvalue weighted by Gasteiger charge is -2.15. The van der Waals surface area contributed by atoms with Crippen LogP contribution in [0.1, 0.15) is 18.9 Å². The van der Waals surface area contributed by atoms with Gasteiger partial charge in [0, 0.05) is 18.3 Å². The number of benzene rings is 1. The van der Waals surface area contributed by atoms with Crippen molar-refractivity contribution in [3.8, 4) is 0 Å². The van der Waals surface area contributed by atoms with Crippen LogP contribution in [0, 0.1) is 0 Å². The number of hydrogen-bond donors (Lipinski definition) is 3. The summed E-state index contributed by atoms with van der Waals surface area (Å²) in [7, 11) is 0. The van der Waals surface area contributed by atoms with Crippen molar-refractivity contribution >= 4 is 11.7 Å². The van der Waals surface area contributed by atoms with E-state index < -0.39 is 0 Å². The molecular formula is C14H19N5O2. The molecule has 0 aliphatic heterocycles. The first-order valence-electron chi connectivity index (χ1n) is 6.77. The van der Waals surface area contributed by atoms with Crippen LogP contribution >= 0.6 is 0 Å². The molecule has 1 aromatic heterocycles. The molecule has 21 heavy (non-hydrogen) atoms. The molecule has 1 heterocycles. The topological polar surface area (TPSA) is 92.1 Å². The summed E-state index contributed by atoms with van der Waals surface area (Å²) in [6.07, 6.45) is 3.62. The van der Waals surface area contributed by atoms with Gasteiger partial charge in [-0.15, -0.1) is 0 Å². The Balaban J connectivity index is 2.01. The number of hydrogen-bond acceptors (Lipinski definition) is 4. The highest BCUT2D eigenvalue weighted by Gasteiger charge is 2.09. The number of nitrogens with zero attached hydrogens (tertiary/aromatic N) is 3. The highest BCUT2D eigenvalue weighted by Crippen LogP contribution is 2.15. The fourth-order valence-electron chi connectivity index (χ4n) is 1.92. The third-order valence-corrected chi connectivity index (χ3v) is 3.00. The van der Waals surface area contributed by atoms with E-state index >= 15 is 0 Å². The summed E-state index contributed by atoms with van der Waals surface area (Å²) in [6, 6.07) is 7.15. The Kier molecular flexibility index (Phi) is 5.28. The van der Waals surface area contributed by atoms with E-state index in [1.165, 1.54) is 6.33 Å². The standard InChI is InChI=1S/C14H19N5O2/c1-11(6-7-20)17-14(21)18-13-5-3-2-4-12(13)8-19-10-15-9-16-19/h2-5,9-11,20H,6-8H2,1H3,(H2,17,18,21)/t11-/m1/s1. The molecule has 0 aliphatic rings. The number of nitrogens with one attached hydrogen (secondary N) is 2. The molecule has 0 unspecified atom stereocenters. The van der Waals surface area contributed by atoms with Gasteiger partial charge in [0.05, 0.1) is 6.54 Å². The van der Waals surface area contributed by atoms with Crippen LogP contribution in [0.3, 0.4) is 0 Å². The second-order valence-corrected chi connectivity index (χ2v) is 4.76. The summed E-state index contributed by atoms with van der Waals surface area (Å²) in [5.41, 5.74) is 1.66. The van der Waals surface area contributed by atoms with Gasteiger partial charge in [-0.05, 0) is 25.0 Å². The summed E-state index contributed by atoms with van der Waals surface area (Å²) in [5.74, 6) is 0. The summed E-state index contributed by atoms with van der Waals surface area (Å²) < 4.78 is 1.69. The Morgan fingerprint density at radius 3 is 2.95 bits per heavy atom. The Bertz CT molecular complexity index is 571. The number of aromatic nitrogens is 3. The Labute approximate surface area is 123 Å². The van der Waals surface area contributed by atoms with Crippen molar-refractivity contribution < 1.29 is 9.90 Å². The van der Waals surface area contributed by atoms with E-state index in [0.717, 1.165) is 11.3 Å². The van der Waals surface area contributed by atoms with Gasteiger partial charge in [-0.2, -0.15) is 5.10 Å². The van der Waals surface area contributed by atoms with Crippen molar-refractivity contribution in [1.82, 2.24) is 20.1 Å². The maximum atomic E-state index is 11.9. The SMILES string of the molecule is C[C@H](CCO)NC(=O)Nc1ccccc1Cn1cncn1. The number of urea groups is 1. The summed E-state index contributed by atoms with van der Waals surface area (Å²) in [5, 5.41) is 18.5. The van der Waals surface area contributed by atoms with Crippen LogP contribution in [-0.4, -0.2) is 38.6 Å². The molecular weight excluding hydrogens is 270 g/mol. The minimum Gasteiger partial charge on any atom is -0.396 e. The normalized spacial score (nSPS) is 11.9. The van der Waals surface area contributed by atoms with Gasteiger partial charge in [-0.1, -0.05) is 18.2 Å². The molecule has 1 aromatic carbocycles. The zero-order valence-corrected chi connectivity index (χ0v) is 11.9. The van der Waals surface area contributed by atoms with E-state index in [4.69, 9.17) is 5.11 Å². The van der Waals surface area contributed by atoms with Crippen molar-refractivity contribution in [2.24, 2.45) is 0 Å². The maximum absolute atomic E-state index is 11.9. The third kappa shape index (κ3) is 4.57. The summed E-state index contributed by atoms with van der Waals surface area (Å²) in [6.45, 7) is 2.42. The molecule has 0 saturated heterocycles. The minimum atomic E-state index is -0.290. The Morgan fingerprint density at radius 1 is 1.43 bits per heavy atom. The smallest absolute Gasteiger partial charge is 0.319 e. The lowest BCUT2D eigenvalue weighted by atomic mass is 10.2. The van der Waals surface area contributed by atoms with E-state index in [9.17, 15) is 4.79 Å². The first kappa shape index (κ1) is 15.0. The lowest BCUT2D eigenvalue weighted by molar-refractivity contribution is 0.241. The fourth-order valence-corrected chi connectivity index (χ4v) is 1.92. The number of carbonyl (C=O) groups is 1. The second kappa shape index (κ2) is 7.39. The molecule has 0 fully saturated rings. The van der Waals surface area contributed by atoms with Crippen molar-refractivity contribution in [1.29, 1.82) is 0 Å². The molecule has 3 N–H and O–H groups in total. The Morgan fingerprint density at radius 2 is 2.24 bits per heavy atom. The van der Waals surface area contributed by atoms with Crippen molar-refractivity contribution in [3.05, 3.63) is 42.5 Å². The average Bonchev–Trinajstić information content (AvgIpc) is 2.94. The number of para-hydroxylation sites is 1. The molecule has 1 atom stereocenters. The van der Waals surface area contributed by atoms with Gasteiger partial charge in [-0.25, -0.2) is 14.5 Å². The first-order chi connectivity index (χ1) is 10.2. The largest absolute Gasteiger partial charge is 0.396 e. The van der Waals surface area contributed by atoms with Crippen LogP contribution in [0.25, 0.3) is 0 Å². The lowest BCUT2D eigenvalue weighted by Crippen LogP contribution is -2.36. The number of carbonyl (C=O) groups excluding carboxylic acids is 1. The monoisotopic (exact) mass is 289 g/mol. The van der Waals surface area contributed by atoms with Crippen molar-refractivity contribution in [3.63, 3.8) is 0 Å². The van der Waals surface area contributed by atoms with E-state index in [1.54, 1.807) is 11.0 Å². The van der Waals surface area contributed by atoms with Gasteiger partial charge in [0.15, 0.2) is 0 Å². The van der Waals surface area contributed by atoms with E-state index in [2.05, 4.69) is 20.7 Å². The maximum Gasteiger partial charge on any atom is 0.319 e. The number of rotatable bonds is 6. The predicted molar refractivity (Wildman–Crippen MR) is 78.9 cm³/mol. The predicted octanol–water partition coefficient (Wildman–Crippen LogP) is 1.22. The van der Waals surface area contributed by atoms with Crippen LogP contribution in [0.5, 0.6) is 0 Å². The second-order valence-electron chi connectivity index (χ2n) is 4.76. The highest BCUT2D eigenvalue weighted by atomic mass is 16.3. The molecule has 0 saturated carbocycles. The zero-order valence-electron chi connectivity index (χ0n) is 11.9. The first-order valence-corrected chi connectivity index (χ1v) is 6.77. The molecule has 112 valence electrons. The quantitative estimate of drug-likeness (QED) is 0.745.